The van der Waals surface area contributed by atoms with Gasteiger partial charge in [-0.2, -0.15) is 8.78 Å². The quantitative estimate of drug-likeness (QED) is 0.710. The molecule has 0 aliphatic heterocycles. The second-order valence-electron chi connectivity index (χ2n) is 5.36. The molecule has 0 radical (unpaired) electrons. The number of ether oxygens (including phenoxy) is 1. The van der Waals surface area contributed by atoms with Crippen molar-refractivity contribution in [2.75, 3.05) is 11.5 Å². The molecular formula is C14H18BrF2NO4S. The fourth-order valence-electron chi connectivity index (χ4n) is 1.91. The molecule has 0 fully saturated rings. The Morgan fingerprint density at radius 1 is 1.35 bits per heavy atom. The van der Waals surface area contributed by atoms with E-state index in [2.05, 4.69) is 26.0 Å². The van der Waals surface area contributed by atoms with Crippen LogP contribution in [0.1, 0.15) is 19.4 Å². The Labute approximate surface area is 142 Å². The van der Waals surface area contributed by atoms with E-state index in [-0.39, 0.29) is 24.0 Å². The maximum atomic E-state index is 12.3. The third-order valence-electron chi connectivity index (χ3n) is 2.65. The first-order valence-electron chi connectivity index (χ1n) is 6.79. The molecule has 1 amide bonds. The number of nitrogens with one attached hydrogen (secondary N) is 1. The van der Waals surface area contributed by atoms with E-state index in [1.165, 1.54) is 18.2 Å². The number of carbonyl (C=O) groups is 1. The number of alkyl halides is 2. The van der Waals surface area contributed by atoms with Crippen molar-refractivity contribution in [3.8, 4) is 5.75 Å². The minimum atomic E-state index is -3.49. The molecule has 0 spiro atoms. The van der Waals surface area contributed by atoms with Crippen molar-refractivity contribution in [3.63, 3.8) is 0 Å². The Morgan fingerprint density at radius 3 is 2.57 bits per heavy atom. The smallest absolute Gasteiger partial charge is 0.387 e. The lowest BCUT2D eigenvalue weighted by molar-refractivity contribution is -0.118. The summed E-state index contributed by atoms with van der Waals surface area (Å²) in [7, 11) is -3.49. The Kier molecular flexibility index (Phi) is 7.40. The topological polar surface area (TPSA) is 72.5 Å². The van der Waals surface area contributed by atoms with E-state index in [9.17, 15) is 22.0 Å². The van der Waals surface area contributed by atoms with Crippen molar-refractivity contribution in [2.24, 2.45) is 5.92 Å². The molecule has 0 unspecified atom stereocenters. The molecule has 0 aliphatic rings. The van der Waals surface area contributed by atoms with Gasteiger partial charge in [-0.25, -0.2) is 8.42 Å². The summed E-state index contributed by atoms with van der Waals surface area (Å²) in [6.45, 7) is 0.380. The average Bonchev–Trinajstić information content (AvgIpc) is 2.36. The molecule has 0 atom stereocenters. The van der Waals surface area contributed by atoms with Crippen LogP contribution in [0.4, 0.5) is 8.78 Å². The van der Waals surface area contributed by atoms with Gasteiger partial charge in [-0.3, -0.25) is 4.79 Å². The minimum absolute atomic E-state index is 0.0754. The zero-order valence-electron chi connectivity index (χ0n) is 12.7. The van der Waals surface area contributed by atoms with Gasteiger partial charge in [0.05, 0.1) is 5.75 Å². The number of rotatable bonds is 8. The van der Waals surface area contributed by atoms with Crippen LogP contribution >= 0.6 is 15.9 Å². The van der Waals surface area contributed by atoms with Crippen LogP contribution in [-0.2, 0) is 21.2 Å². The predicted octanol–water partition coefficient (Wildman–Crippen LogP) is 2.74. The lowest BCUT2D eigenvalue weighted by Crippen LogP contribution is -2.31. The van der Waals surface area contributed by atoms with E-state index in [4.69, 9.17) is 0 Å². The molecule has 0 saturated carbocycles. The molecule has 5 nitrogen and oxygen atoms in total. The summed E-state index contributed by atoms with van der Waals surface area (Å²) in [4.78, 5) is 11.7. The summed E-state index contributed by atoms with van der Waals surface area (Å²) in [5, 5.41) is 2.41. The fraction of sp³-hybridized carbons (Fsp3) is 0.500. The zero-order valence-corrected chi connectivity index (χ0v) is 15.1. The maximum absolute atomic E-state index is 12.3. The predicted molar refractivity (Wildman–Crippen MR) is 86.1 cm³/mol. The van der Waals surface area contributed by atoms with Gasteiger partial charge in [0.25, 0.3) is 0 Å². The summed E-state index contributed by atoms with van der Waals surface area (Å²) in [5.74, 6) is -1.56. The number of halogens is 3. The molecule has 0 aliphatic carbocycles. The molecular weight excluding hydrogens is 396 g/mol. The number of hydrogen-bond donors (Lipinski definition) is 1. The second-order valence-corrected chi connectivity index (χ2v) is 8.38. The van der Waals surface area contributed by atoms with Gasteiger partial charge in [-0.15, -0.1) is 0 Å². The Balaban J connectivity index is 2.70. The van der Waals surface area contributed by atoms with Gasteiger partial charge < -0.3 is 10.1 Å². The average molecular weight is 414 g/mol. The summed E-state index contributed by atoms with van der Waals surface area (Å²) in [6, 6.07) is 4.38. The van der Waals surface area contributed by atoms with Crippen molar-refractivity contribution in [1.82, 2.24) is 5.32 Å². The highest BCUT2D eigenvalue weighted by molar-refractivity contribution is 9.10. The van der Waals surface area contributed by atoms with Crippen LogP contribution in [-0.4, -0.2) is 32.4 Å². The van der Waals surface area contributed by atoms with Crippen LogP contribution in [0.25, 0.3) is 0 Å². The molecule has 9 heteroatoms. The van der Waals surface area contributed by atoms with Gasteiger partial charge in [-0.1, -0.05) is 29.8 Å². The van der Waals surface area contributed by atoms with Crippen LogP contribution < -0.4 is 10.1 Å². The van der Waals surface area contributed by atoms with E-state index in [0.717, 1.165) is 0 Å². The molecule has 0 bridgehead atoms. The minimum Gasteiger partial charge on any atom is -0.434 e. The van der Waals surface area contributed by atoms with Crippen LogP contribution in [0, 0.1) is 5.92 Å². The highest BCUT2D eigenvalue weighted by atomic mass is 79.9. The Morgan fingerprint density at radius 2 is 2.00 bits per heavy atom. The second kappa shape index (κ2) is 8.58. The van der Waals surface area contributed by atoms with Crippen molar-refractivity contribution in [3.05, 3.63) is 28.2 Å². The van der Waals surface area contributed by atoms with E-state index < -0.39 is 28.1 Å². The standard InChI is InChI=1S/C14H18BrF2NO4S/c1-9(2)7-23(20,21)8-13(19)18-6-10-5-11(15)3-4-12(10)22-14(16)17/h3-5,9,14H,6-8H2,1-2H3,(H,18,19). The van der Waals surface area contributed by atoms with E-state index >= 15 is 0 Å². The molecule has 1 rings (SSSR count). The van der Waals surface area contributed by atoms with Gasteiger partial charge in [0.15, 0.2) is 9.84 Å². The highest BCUT2D eigenvalue weighted by Gasteiger charge is 2.18. The van der Waals surface area contributed by atoms with E-state index in [1.54, 1.807) is 13.8 Å². The lowest BCUT2D eigenvalue weighted by Gasteiger charge is -2.12. The first-order valence-corrected chi connectivity index (χ1v) is 9.41. The van der Waals surface area contributed by atoms with Crippen LogP contribution in [0.15, 0.2) is 22.7 Å². The van der Waals surface area contributed by atoms with Gasteiger partial charge in [-0.05, 0) is 24.1 Å². The molecule has 0 aromatic heterocycles. The van der Waals surface area contributed by atoms with Crippen LogP contribution in [0.5, 0.6) is 5.75 Å². The lowest BCUT2D eigenvalue weighted by atomic mass is 10.2. The van der Waals surface area contributed by atoms with Crippen LogP contribution in [0.2, 0.25) is 0 Å². The Bertz CT molecular complexity index is 650. The Hall–Kier alpha value is -1.22. The first kappa shape index (κ1) is 19.8. The van der Waals surface area contributed by atoms with E-state index in [0.29, 0.717) is 10.0 Å². The van der Waals surface area contributed by atoms with E-state index in [1.807, 2.05) is 0 Å². The van der Waals surface area contributed by atoms with Crippen molar-refractivity contribution >= 4 is 31.7 Å². The molecule has 23 heavy (non-hydrogen) atoms. The van der Waals surface area contributed by atoms with Crippen molar-refractivity contribution < 1.29 is 26.7 Å². The first-order chi connectivity index (χ1) is 10.6. The molecule has 1 aromatic rings. The zero-order chi connectivity index (χ0) is 17.6. The molecule has 1 aromatic carbocycles. The molecule has 0 heterocycles. The number of sulfone groups is 1. The van der Waals surface area contributed by atoms with Crippen molar-refractivity contribution in [2.45, 2.75) is 27.0 Å². The number of benzene rings is 1. The highest BCUT2D eigenvalue weighted by Crippen LogP contribution is 2.24. The van der Waals surface area contributed by atoms with Gasteiger partial charge in [0.1, 0.15) is 11.5 Å². The fourth-order valence-corrected chi connectivity index (χ4v) is 3.95. The summed E-state index contributed by atoms with van der Waals surface area (Å²) >= 11 is 3.19. The molecule has 1 N–H and O–H groups in total. The normalized spacial score (nSPS) is 11.8. The third-order valence-corrected chi connectivity index (χ3v) is 5.02. The third kappa shape index (κ3) is 7.74. The number of hydrogen-bond acceptors (Lipinski definition) is 4. The monoisotopic (exact) mass is 413 g/mol. The summed E-state index contributed by atoms with van der Waals surface area (Å²) in [5.41, 5.74) is 0.314. The van der Waals surface area contributed by atoms with Gasteiger partial charge >= 0.3 is 6.61 Å². The van der Waals surface area contributed by atoms with Gasteiger partial charge in [0, 0.05) is 16.6 Å². The molecule has 130 valence electrons. The maximum Gasteiger partial charge on any atom is 0.387 e. The SMILES string of the molecule is CC(C)CS(=O)(=O)CC(=O)NCc1cc(Br)ccc1OC(F)F. The van der Waals surface area contributed by atoms with Crippen LogP contribution in [0.3, 0.4) is 0 Å². The molecule has 0 saturated heterocycles. The number of carbonyl (C=O) groups excluding carboxylic acids is 1. The largest absolute Gasteiger partial charge is 0.434 e. The van der Waals surface area contributed by atoms with Crippen molar-refractivity contribution in [1.29, 1.82) is 0 Å². The summed E-state index contributed by atoms with van der Waals surface area (Å²) in [6.07, 6.45) is 0. The summed E-state index contributed by atoms with van der Waals surface area (Å²) < 4.78 is 53.1. The number of amides is 1. The van der Waals surface area contributed by atoms with Gasteiger partial charge in [0.2, 0.25) is 5.91 Å².